The van der Waals surface area contributed by atoms with Crippen LogP contribution in [0.2, 0.25) is 0 Å². The van der Waals surface area contributed by atoms with Crippen LogP contribution in [-0.2, 0) is 0 Å². The highest BCUT2D eigenvalue weighted by atomic mass is 16.3. The Morgan fingerprint density at radius 2 is 2.50 bits per heavy atom. The molecule has 4 heteroatoms. The fourth-order valence-corrected chi connectivity index (χ4v) is 1.54. The van der Waals surface area contributed by atoms with Crippen LogP contribution >= 0.6 is 0 Å². The molecule has 1 aliphatic rings. The maximum atomic E-state index is 9.62. The number of hydrogen-bond donors (Lipinski definition) is 2. The van der Waals surface area contributed by atoms with Gasteiger partial charge in [-0.05, 0) is 12.3 Å². The van der Waals surface area contributed by atoms with Gasteiger partial charge in [0.25, 0.3) is 0 Å². The third-order valence-corrected chi connectivity index (χ3v) is 2.56. The number of aliphatic hydroxyl groups excluding tert-OH is 1. The van der Waals surface area contributed by atoms with Crippen LogP contribution in [0, 0.1) is 5.92 Å². The van der Waals surface area contributed by atoms with Gasteiger partial charge in [-0.15, -0.1) is 0 Å². The number of aliphatic hydroxyl groups is 1. The highest BCUT2D eigenvalue weighted by Gasteiger charge is 2.22. The fourth-order valence-electron chi connectivity index (χ4n) is 1.54. The largest absolute Gasteiger partial charge is 0.387 e. The second-order valence-corrected chi connectivity index (χ2v) is 3.44. The van der Waals surface area contributed by atoms with Crippen molar-refractivity contribution in [3.8, 4) is 0 Å². The second kappa shape index (κ2) is 3.23. The minimum Gasteiger partial charge on any atom is -0.387 e. The quantitative estimate of drug-likeness (QED) is 0.706. The zero-order valence-electron chi connectivity index (χ0n) is 6.90. The second-order valence-electron chi connectivity index (χ2n) is 3.44. The molecule has 0 aromatic carbocycles. The first kappa shape index (κ1) is 7.73. The highest BCUT2D eigenvalue weighted by Crippen LogP contribution is 2.33. The summed E-state index contributed by atoms with van der Waals surface area (Å²) in [5.74, 6) is 0.705. The normalized spacial score (nSPS) is 20.4. The summed E-state index contributed by atoms with van der Waals surface area (Å²) in [6.45, 7) is 0. The van der Waals surface area contributed by atoms with E-state index in [4.69, 9.17) is 0 Å². The molecule has 0 spiro atoms. The highest BCUT2D eigenvalue weighted by molar-refractivity contribution is 4.96. The van der Waals surface area contributed by atoms with E-state index in [1.54, 1.807) is 6.20 Å². The van der Waals surface area contributed by atoms with Crippen molar-refractivity contribution in [1.29, 1.82) is 0 Å². The van der Waals surface area contributed by atoms with E-state index in [-0.39, 0.29) is 0 Å². The molecule has 12 heavy (non-hydrogen) atoms. The Kier molecular flexibility index (Phi) is 2.08. The first-order chi connectivity index (χ1) is 5.86. The molecule has 0 saturated heterocycles. The lowest BCUT2D eigenvalue weighted by Gasteiger charge is -2.26. The monoisotopic (exact) mass is 167 g/mol. The van der Waals surface area contributed by atoms with Crippen LogP contribution in [0.3, 0.4) is 0 Å². The molecule has 1 aliphatic carbocycles. The summed E-state index contributed by atoms with van der Waals surface area (Å²) in [6.07, 6.45) is 5.84. The van der Waals surface area contributed by atoms with Crippen molar-refractivity contribution in [3.05, 3.63) is 11.9 Å². The molecule has 4 nitrogen and oxygen atoms in total. The van der Waals surface area contributed by atoms with Gasteiger partial charge < -0.3 is 5.11 Å². The van der Waals surface area contributed by atoms with E-state index >= 15 is 0 Å². The molecular formula is C8H13N3O. The minimum atomic E-state index is -0.422. The van der Waals surface area contributed by atoms with Gasteiger partial charge in [-0.25, -0.2) is 0 Å². The van der Waals surface area contributed by atoms with Crippen molar-refractivity contribution in [1.82, 2.24) is 15.4 Å². The molecule has 1 aromatic rings. The maximum Gasteiger partial charge on any atom is 0.111 e. The SMILES string of the molecule is OC(CC1CCC1)c1cn[nH]n1. The molecule has 2 rings (SSSR count). The molecule has 1 saturated carbocycles. The van der Waals surface area contributed by atoms with E-state index in [2.05, 4.69) is 15.4 Å². The summed E-state index contributed by atoms with van der Waals surface area (Å²) >= 11 is 0. The van der Waals surface area contributed by atoms with E-state index in [0.29, 0.717) is 11.6 Å². The van der Waals surface area contributed by atoms with Gasteiger partial charge in [0.05, 0.1) is 12.3 Å². The Labute approximate surface area is 71.0 Å². The number of H-pyrrole nitrogens is 1. The van der Waals surface area contributed by atoms with Crippen LogP contribution < -0.4 is 0 Å². The fraction of sp³-hybridized carbons (Fsp3) is 0.750. The predicted octanol–water partition coefficient (Wildman–Crippen LogP) is 1.03. The number of hydrogen-bond acceptors (Lipinski definition) is 3. The van der Waals surface area contributed by atoms with Crippen molar-refractivity contribution < 1.29 is 5.11 Å². The summed E-state index contributed by atoms with van der Waals surface area (Å²) in [5, 5.41) is 19.6. The van der Waals surface area contributed by atoms with Crippen molar-refractivity contribution >= 4 is 0 Å². The lowest BCUT2D eigenvalue weighted by atomic mass is 9.81. The van der Waals surface area contributed by atoms with Gasteiger partial charge in [-0.2, -0.15) is 15.4 Å². The molecule has 0 radical (unpaired) electrons. The van der Waals surface area contributed by atoms with Crippen LogP contribution in [0.1, 0.15) is 37.5 Å². The molecule has 1 atom stereocenters. The van der Waals surface area contributed by atoms with Crippen LogP contribution in [0.25, 0.3) is 0 Å². The number of nitrogens with zero attached hydrogens (tertiary/aromatic N) is 2. The average molecular weight is 167 g/mol. The van der Waals surface area contributed by atoms with Crippen LogP contribution in [0.5, 0.6) is 0 Å². The number of aromatic nitrogens is 3. The van der Waals surface area contributed by atoms with Crippen molar-refractivity contribution in [3.63, 3.8) is 0 Å². The van der Waals surface area contributed by atoms with Crippen LogP contribution in [-0.4, -0.2) is 20.5 Å². The first-order valence-electron chi connectivity index (χ1n) is 4.40. The third kappa shape index (κ3) is 1.48. The standard InChI is InChI=1S/C8H13N3O/c12-8(4-6-2-1-3-6)7-5-9-11-10-7/h5-6,8,12H,1-4H2,(H,9,10,11). The molecule has 1 unspecified atom stereocenters. The summed E-state index contributed by atoms with van der Waals surface area (Å²) in [7, 11) is 0. The summed E-state index contributed by atoms with van der Waals surface area (Å²) in [6, 6.07) is 0. The molecule has 1 aromatic heterocycles. The van der Waals surface area contributed by atoms with E-state index in [1.807, 2.05) is 0 Å². The molecular weight excluding hydrogens is 154 g/mol. The smallest absolute Gasteiger partial charge is 0.111 e. The van der Waals surface area contributed by atoms with E-state index in [9.17, 15) is 5.11 Å². The van der Waals surface area contributed by atoms with Gasteiger partial charge in [-0.1, -0.05) is 19.3 Å². The van der Waals surface area contributed by atoms with Crippen molar-refractivity contribution in [2.75, 3.05) is 0 Å². The van der Waals surface area contributed by atoms with Crippen molar-refractivity contribution in [2.24, 2.45) is 5.92 Å². The number of nitrogens with one attached hydrogen (secondary N) is 1. The van der Waals surface area contributed by atoms with Gasteiger partial charge in [0.2, 0.25) is 0 Å². The number of aromatic amines is 1. The minimum absolute atomic E-state index is 0.422. The van der Waals surface area contributed by atoms with Gasteiger partial charge in [0, 0.05) is 0 Å². The zero-order chi connectivity index (χ0) is 8.39. The zero-order valence-corrected chi connectivity index (χ0v) is 6.90. The lowest BCUT2D eigenvalue weighted by Crippen LogP contribution is -2.15. The summed E-state index contributed by atoms with van der Waals surface area (Å²) < 4.78 is 0. The van der Waals surface area contributed by atoms with Gasteiger partial charge in [-0.3, -0.25) is 0 Å². The third-order valence-electron chi connectivity index (χ3n) is 2.56. The molecule has 0 amide bonds. The summed E-state index contributed by atoms with van der Waals surface area (Å²) in [4.78, 5) is 0. The van der Waals surface area contributed by atoms with Gasteiger partial charge in [0.15, 0.2) is 0 Å². The molecule has 1 fully saturated rings. The summed E-state index contributed by atoms with van der Waals surface area (Å²) in [5.41, 5.74) is 0.668. The molecule has 0 aliphatic heterocycles. The Hall–Kier alpha value is -0.900. The number of rotatable bonds is 3. The predicted molar refractivity (Wildman–Crippen MR) is 43.3 cm³/mol. The Morgan fingerprint density at radius 3 is 3.00 bits per heavy atom. The van der Waals surface area contributed by atoms with Crippen LogP contribution in [0.15, 0.2) is 6.20 Å². The topological polar surface area (TPSA) is 61.8 Å². The Bertz CT molecular complexity index is 230. The average Bonchev–Trinajstić information content (AvgIpc) is 2.47. The maximum absolute atomic E-state index is 9.62. The van der Waals surface area contributed by atoms with Gasteiger partial charge >= 0.3 is 0 Å². The molecule has 0 bridgehead atoms. The van der Waals surface area contributed by atoms with E-state index in [1.165, 1.54) is 19.3 Å². The van der Waals surface area contributed by atoms with Gasteiger partial charge in [0.1, 0.15) is 5.69 Å². The van der Waals surface area contributed by atoms with Crippen molar-refractivity contribution in [2.45, 2.75) is 31.8 Å². The van der Waals surface area contributed by atoms with E-state index < -0.39 is 6.10 Å². The Balaban J connectivity index is 1.87. The molecule has 66 valence electrons. The first-order valence-corrected chi connectivity index (χ1v) is 4.40. The molecule has 1 heterocycles. The van der Waals surface area contributed by atoms with Crippen LogP contribution in [0.4, 0.5) is 0 Å². The molecule has 2 N–H and O–H groups in total. The Morgan fingerprint density at radius 1 is 1.67 bits per heavy atom. The lowest BCUT2D eigenvalue weighted by molar-refractivity contribution is 0.115. The van der Waals surface area contributed by atoms with E-state index in [0.717, 1.165) is 6.42 Å².